The normalized spacial score (nSPS) is 23.4. The zero-order valence-electron chi connectivity index (χ0n) is 20.3. The molecule has 0 aromatic rings. The third-order valence-corrected chi connectivity index (χ3v) is 7.46. The Morgan fingerprint density at radius 2 is 1.97 bits per heavy atom. The van der Waals surface area contributed by atoms with Crippen LogP contribution >= 0.6 is 0 Å². The molecule has 1 atom stereocenters. The average Bonchev–Trinajstić information content (AvgIpc) is 2.88. The Hall–Kier alpha value is -2.05. The summed E-state index contributed by atoms with van der Waals surface area (Å²) in [4.78, 5) is 17.5. The predicted molar refractivity (Wildman–Crippen MR) is 129 cm³/mol. The molecule has 0 aromatic carbocycles. The molecule has 0 radical (unpaired) electrons. The molecule has 1 aliphatic carbocycles. The van der Waals surface area contributed by atoms with E-state index in [-0.39, 0.29) is 5.92 Å². The van der Waals surface area contributed by atoms with Crippen molar-refractivity contribution in [2.45, 2.75) is 64.8 Å². The lowest BCUT2D eigenvalue weighted by molar-refractivity contribution is -0.140. The van der Waals surface area contributed by atoms with E-state index in [1.807, 2.05) is 0 Å². The van der Waals surface area contributed by atoms with Gasteiger partial charge in [0.05, 0.1) is 0 Å². The van der Waals surface area contributed by atoms with Gasteiger partial charge in [0.25, 0.3) is 0 Å². The highest BCUT2D eigenvalue weighted by molar-refractivity contribution is 5.79. The van der Waals surface area contributed by atoms with E-state index in [9.17, 15) is 4.79 Å². The van der Waals surface area contributed by atoms with Gasteiger partial charge in [-0.25, -0.2) is 0 Å². The predicted octanol–water partition coefficient (Wildman–Crippen LogP) is 4.76. The molecule has 0 bridgehead atoms. The summed E-state index contributed by atoms with van der Waals surface area (Å²) in [6.07, 6.45) is 16.7. The van der Waals surface area contributed by atoms with Gasteiger partial charge in [-0.1, -0.05) is 25.2 Å². The van der Waals surface area contributed by atoms with Crippen molar-refractivity contribution in [2.75, 3.05) is 39.4 Å². The molecule has 6 heteroatoms. The van der Waals surface area contributed by atoms with Crippen molar-refractivity contribution in [1.82, 2.24) is 9.80 Å². The van der Waals surface area contributed by atoms with Gasteiger partial charge in [-0.15, -0.1) is 0 Å². The molecule has 0 aromatic heterocycles. The Bertz CT molecular complexity index is 786. The van der Waals surface area contributed by atoms with Gasteiger partial charge >= 0.3 is 0 Å². The molecule has 2 fully saturated rings. The van der Waals surface area contributed by atoms with Crippen LogP contribution in [0.25, 0.3) is 0 Å². The van der Waals surface area contributed by atoms with E-state index in [1.54, 1.807) is 12.5 Å². The van der Waals surface area contributed by atoms with Gasteiger partial charge in [0.2, 0.25) is 5.91 Å². The summed E-state index contributed by atoms with van der Waals surface area (Å²) in [5, 5.41) is 0. The fourth-order valence-corrected chi connectivity index (χ4v) is 5.31. The van der Waals surface area contributed by atoms with Crippen molar-refractivity contribution in [2.24, 2.45) is 11.8 Å². The van der Waals surface area contributed by atoms with Gasteiger partial charge in [0.15, 0.2) is 5.76 Å². The van der Waals surface area contributed by atoms with Crippen LogP contribution < -0.4 is 0 Å². The Labute approximate surface area is 198 Å². The highest BCUT2D eigenvalue weighted by Crippen LogP contribution is 2.29. The minimum atomic E-state index is 0.174. The third kappa shape index (κ3) is 6.51. The van der Waals surface area contributed by atoms with Crippen LogP contribution in [0.4, 0.5) is 0 Å². The van der Waals surface area contributed by atoms with Crippen molar-refractivity contribution in [3.63, 3.8) is 0 Å². The largest absolute Gasteiger partial charge is 0.465 e. The van der Waals surface area contributed by atoms with Crippen LogP contribution in [0.3, 0.4) is 0 Å². The molecule has 33 heavy (non-hydrogen) atoms. The van der Waals surface area contributed by atoms with E-state index >= 15 is 0 Å². The van der Waals surface area contributed by atoms with Crippen molar-refractivity contribution in [1.29, 1.82) is 0 Å². The first-order valence-electron chi connectivity index (χ1n) is 12.8. The van der Waals surface area contributed by atoms with E-state index < -0.39 is 0 Å². The summed E-state index contributed by atoms with van der Waals surface area (Å²) in [7, 11) is 0. The van der Waals surface area contributed by atoms with Crippen molar-refractivity contribution < 1.29 is 19.0 Å². The molecule has 4 rings (SSSR count). The van der Waals surface area contributed by atoms with Gasteiger partial charge in [0.1, 0.15) is 18.3 Å². The lowest BCUT2D eigenvalue weighted by Gasteiger charge is -2.38. The summed E-state index contributed by atoms with van der Waals surface area (Å²) in [5.74, 6) is 2.90. The molecule has 1 unspecified atom stereocenters. The minimum Gasteiger partial charge on any atom is -0.465 e. The monoisotopic (exact) mass is 456 g/mol. The molecule has 0 spiro atoms. The van der Waals surface area contributed by atoms with E-state index in [0.717, 1.165) is 95.9 Å². The Kier molecular flexibility index (Phi) is 8.68. The van der Waals surface area contributed by atoms with Gasteiger partial charge in [-0.3, -0.25) is 4.79 Å². The highest BCUT2D eigenvalue weighted by Gasteiger charge is 2.30. The second-order valence-electron chi connectivity index (χ2n) is 9.76. The quantitative estimate of drug-likeness (QED) is 0.527. The van der Waals surface area contributed by atoms with Crippen LogP contribution in [0, 0.1) is 11.8 Å². The molecular weight excluding hydrogens is 416 g/mol. The number of amides is 1. The van der Waals surface area contributed by atoms with Crippen LogP contribution in [0.15, 0.2) is 47.8 Å². The average molecular weight is 457 g/mol. The molecule has 0 saturated carbocycles. The third-order valence-electron chi connectivity index (χ3n) is 7.46. The Morgan fingerprint density at radius 3 is 2.67 bits per heavy atom. The number of carbonyl (C=O) groups is 1. The van der Waals surface area contributed by atoms with Gasteiger partial charge in [-0.05, 0) is 63.5 Å². The van der Waals surface area contributed by atoms with Gasteiger partial charge < -0.3 is 24.0 Å². The highest BCUT2D eigenvalue weighted by atomic mass is 16.5. The number of likely N-dealkylation sites (tertiary alicyclic amines) is 1. The topological polar surface area (TPSA) is 51.2 Å². The summed E-state index contributed by atoms with van der Waals surface area (Å²) in [5.41, 5.74) is 1.20. The van der Waals surface area contributed by atoms with Crippen LogP contribution in [0.1, 0.15) is 58.8 Å². The maximum atomic E-state index is 12.8. The zero-order valence-corrected chi connectivity index (χ0v) is 20.3. The van der Waals surface area contributed by atoms with Crippen LogP contribution in [0.5, 0.6) is 0 Å². The molecular formula is C27H40N2O4. The summed E-state index contributed by atoms with van der Waals surface area (Å²) in [6, 6.07) is 0.367. The first-order valence-corrected chi connectivity index (χ1v) is 12.8. The summed E-state index contributed by atoms with van der Waals surface area (Å²) >= 11 is 0. The molecule has 6 nitrogen and oxygen atoms in total. The summed E-state index contributed by atoms with van der Waals surface area (Å²) in [6.45, 7) is 9.84. The first-order chi connectivity index (χ1) is 16.1. The fraction of sp³-hybridized carbons (Fsp3) is 0.667. The van der Waals surface area contributed by atoms with Crippen LogP contribution in [0.2, 0.25) is 0 Å². The van der Waals surface area contributed by atoms with Crippen molar-refractivity contribution >= 4 is 5.91 Å². The van der Waals surface area contributed by atoms with E-state index in [2.05, 4.69) is 41.9 Å². The first kappa shape index (κ1) is 24.1. The van der Waals surface area contributed by atoms with Crippen LogP contribution in [-0.2, 0) is 19.0 Å². The molecule has 3 heterocycles. The molecule has 1 amide bonds. The number of piperidine rings is 1. The summed E-state index contributed by atoms with van der Waals surface area (Å²) < 4.78 is 17.2. The number of ether oxygens (including phenoxy) is 3. The van der Waals surface area contributed by atoms with Gasteiger partial charge in [-0.2, -0.15) is 0 Å². The second-order valence-corrected chi connectivity index (χ2v) is 9.76. The smallest absolute Gasteiger partial charge is 0.225 e. The maximum absolute atomic E-state index is 12.8. The van der Waals surface area contributed by atoms with E-state index in [1.165, 1.54) is 5.57 Å². The van der Waals surface area contributed by atoms with Crippen molar-refractivity contribution in [3.8, 4) is 0 Å². The lowest BCUT2D eigenvalue weighted by atomic mass is 9.92. The molecule has 2 saturated heterocycles. The maximum Gasteiger partial charge on any atom is 0.225 e. The van der Waals surface area contributed by atoms with Crippen molar-refractivity contribution in [3.05, 3.63) is 47.8 Å². The Balaban J connectivity index is 1.23. The minimum absolute atomic E-state index is 0.174. The fourth-order valence-electron chi connectivity index (χ4n) is 5.31. The number of hydrogen-bond acceptors (Lipinski definition) is 5. The van der Waals surface area contributed by atoms with E-state index in [0.29, 0.717) is 17.9 Å². The Morgan fingerprint density at radius 1 is 1.18 bits per heavy atom. The second kappa shape index (κ2) is 11.9. The number of rotatable bonds is 8. The number of carbonyl (C=O) groups excluding carboxylic acids is 1. The molecule has 0 N–H and O–H groups in total. The number of hydrogen-bond donors (Lipinski definition) is 0. The number of allylic oxidation sites excluding steroid dienone is 4. The zero-order chi connectivity index (χ0) is 23.0. The molecule has 3 aliphatic heterocycles. The SMILES string of the molecule is CCN(CC1CCN(C(=O)C2CCOCC2)CC1)C(C)CC1=COC=C(C2=CC=CCC2)O1. The van der Waals surface area contributed by atoms with Crippen LogP contribution in [-0.4, -0.2) is 61.1 Å². The standard InChI is InChI=1S/C27H40N2O4/c1-3-28(18-22-9-13-29(14-10-22)27(30)24-11-15-31-16-12-24)21(2)17-25-19-32-20-26(33-25)23-7-5-4-6-8-23/h4-5,7,19-22,24H,3,6,8-18H2,1-2H3. The number of nitrogens with zero attached hydrogens (tertiary/aromatic N) is 2. The molecule has 4 aliphatic rings. The van der Waals surface area contributed by atoms with E-state index in [4.69, 9.17) is 14.2 Å². The lowest BCUT2D eigenvalue weighted by Crippen LogP contribution is -2.46. The van der Waals surface area contributed by atoms with Gasteiger partial charge in [0, 0.05) is 51.2 Å². The molecule has 182 valence electrons.